The largest absolute Gasteiger partial charge is 0.368 e. The molecule has 19 heavy (non-hydrogen) atoms. The quantitative estimate of drug-likeness (QED) is 0.799. The van der Waals surface area contributed by atoms with Gasteiger partial charge in [0.2, 0.25) is 16.0 Å². The second-order valence-corrected chi connectivity index (χ2v) is 6.66. The minimum atomic E-state index is -3.57. The summed E-state index contributed by atoms with van der Waals surface area (Å²) in [6.07, 6.45) is 4.05. The SMILES string of the molecule is CC1CC(NS(=O)(=O)c2cnc(N)nc2)CCN1C. The molecular weight excluding hydrogens is 266 g/mol. The van der Waals surface area contributed by atoms with Gasteiger partial charge in [0.05, 0.1) is 12.4 Å². The minimum absolute atomic E-state index is 0.0475. The third-order valence-electron chi connectivity index (χ3n) is 3.49. The van der Waals surface area contributed by atoms with Crippen LogP contribution in [-0.4, -0.2) is 49.0 Å². The number of nitrogens with two attached hydrogens (primary N) is 1. The van der Waals surface area contributed by atoms with Crippen LogP contribution in [0, 0.1) is 0 Å². The number of anilines is 1. The second-order valence-electron chi connectivity index (χ2n) is 4.95. The second kappa shape index (κ2) is 5.40. The first kappa shape index (κ1) is 14.2. The highest BCUT2D eigenvalue weighted by molar-refractivity contribution is 7.89. The Bertz CT molecular complexity index is 531. The van der Waals surface area contributed by atoms with Gasteiger partial charge in [0.15, 0.2) is 0 Å². The molecule has 1 aromatic rings. The first-order chi connectivity index (χ1) is 8.88. The first-order valence-corrected chi connectivity index (χ1v) is 7.67. The fourth-order valence-corrected chi connectivity index (χ4v) is 3.32. The molecule has 0 spiro atoms. The highest BCUT2D eigenvalue weighted by atomic mass is 32.2. The minimum Gasteiger partial charge on any atom is -0.368 e. The van der Waals surface area contributed by atoms with Crippen LogP contribution >= 0.6 is 0 Å². The van der Waals surface area contributed by atoms with Crippen LogP contribution in [-0.2, 0) is 10.0 Å². The number of rotatable bonds is 3. The lowest BCUT2D eigenvalue weighted by Crippen LogP contribution is -2.47. The molecule has 1 fully saturated rings. The molecule has 2 rings (SSSR count). The van der Waals surface area contributed by atoms with Crippen LogP contribution in [0.3, 0.4) is 0 Å². The van der Waals surface area contributed by atoms with Gasteiger partial charge in [-0.25, -0.2) is 23.1 Å². The molecule has 0 aliphatic carbocycles. The fourth-order valence-electron chi connectivity index (χ4n) is 2.15. The van der Waals surface area contributed by atoms with E-state index < -0.39 is 10.0 Å². The van der Waals surface area contributed by atoms with E-state index in [4.69, 9.17) is 5.73 Å². The molecule has 8 heteroatoms. The summed E-state index contributed by atoms with van der Waals surface area (Å²) in [7, 11) is -1.52. The van der Waals surface area contributed by atoms with Crippen molar-refractivity contribution >= 4 is 16.0 Å². The predicted octanol–water partition coefficient (Wildman–Crippen LogP) is -0.180. The number of nitrogens with zero attached hydrogens (tertiary/aromatic N) is 3. The van der Waals surface area contributed by atoms with Crippen LogP contribution in [0.1, 0.15) is 19.8 Å². The third kappa shape index (κ3) is 3.40. The molecule has 3 N–H and O–H groups in total. The molecule has 2 atom stereocenters. The molecule has 0 aromatic carbocycles. The van der Waals surface area contributed by atoms with Crippen LogP contribution in [0.2, 0.25) is 0 Å². The lowest BCUT2D eigenvalue weighted by atomic mass is 10.0. The van der Waals surface area contributed by atoms with Gasteiger partial charge in [-0.15, -0.1) is 0 Å². The molecule has 0 bridgehead atoms. The number of likely N-dealkylation sites (tertiary alicyclic amines) is 1. The molecule has 1 aliphatic rings. The van der Waals surface area contributed by atoms with Gasteiger partial charge in [-0.05, 0) is 33.4 Å². The summed E-state index contributed by atoms with van der Waals surface area (Å²) in [5.74, 6) is 0.0619. The number of nitrogen functional groups attached to an aromatic ring is 1. The summed E-state index contributed by atoms with van der Waals surface area (Å²) in [5, 5.41) is 0. The van der Waals surface area contributed by atoms with E-state index in [0.717, 1.165) is 19.4 Å². The zero-order valence-electron chi connectivity index (χ0n) is 11.1. The van der Waals surface area contributed by atoms with Crippen LogP contribution in [0.15, 0.2) is 17.3 Å². The molecule has 0 saturated carbocycles. The summed E-state index contributed by atoms with van der Waals surface area (Å²) in [6, 6.07) is 0.317. The standard InChI is InChI=1S/C11H19N5O2S/c1-8-5-9(3-4-16(8)2)15-19(17,18)10-6-13-11(12)14-7-10/h6-9,15H,3-5H2,1-2H3,(H2,12,13,14). The summed E-state index contributed by atoms with van der Waals surface area (Å²) < 4.78 is 27.0. The number of piperidine rings is 1. The number of nitrogens with one attached hydrogen (secondary N) is 1. The van der Waals surface area contributed by atoms with Gasteiger partial charge in [-0.3, -0.25) is 0 Å². The van der Waals surface area contributed by atoms with Crippen molar-refractivity contribution < 1.29 is 8.42 Å². The average molecular weight is 285 g/mol. The molecule has 2 unspecified atom stereocenters. The Morgan fingerprint density at radius 1 is 1.42 bits per heavy atom. The maximum Gasteiger partial charge on any atom is 0.243 e. The maximum absolute atomic E-state index is 12.2. The van der Waals surface area contributed by atoms with Crippen molar-refractivity contribution in [3.63, 3.8) is 0 Å². The number of hydrogen-bond acceptors (Lipinski definition) is 6. The van der Waals surface area contributed by atoms with Crippen molar-refractivity contribution in [3.8, 4) is 0 Å². The molecular formula is C11H19N5O2S. The van der Waals surface area contributed by atoms with E-state index in [1.54, 1.807) is 0 Å². The van der Waals surface area contributed by atoms with Crippen molar-refractivity contribution in [3.05, 3.63) is 12.4 Å². The third-order valence-corrected chi connectivity index (χ3v) is 4.96. The van der Waals surface area contributed by atoms with Gasteiger partial charge in [0.1, 0.15) is 4.90 Å². The average Bonchev–Trinajstić information content (AvgIpc) is 2.34. The Morgan fingerprint density at radius 2 is 2.05 bits per heavy atom. The molecule has 7 nitrogen and oxygen atoms in total. The van der Waals surface area contributed by atoms with Gasteiger partial charge in [-0.2, -0.15) is 0 Å². The molecule has 0 radical (unpaired) electrons. The van der Waals surface area contributed by atoms with Gasteiger partial charge >= 0.3 is 0 Å². The van der Waals surface area contributed by atoms with Gasteiger partial charge in [0.25, 0.3) is 0 Å². The predicted molar refractivity (Wildman–Crippen MR) is 71.9 cm³/mol. The van der Waals surface area contributed by atoms with E-state index >= 15 is 0 Å². The Hall–Kier alpha value is -1.25. The molecule has 1 saturated heterocycles. The number of sulfonamides is 1. The lowest BCUT2D eigenvalue weighted by Gasteiger charge is -2.35. The molecule has 106 valence electrons. The summed E-state index contributed by atoms with van der Waals surface area (Å²) in [6.45, 7) is 2.97. The van der Waals surface area contributed by atoms with Crippen LogP contribution in [0.5, 0.6) is 0 Å². The Kier molecular flexibility index (Phi) is 4.02. The zero-order chi connectivity index (χ0) is 14.0. The highest BCUT2D eigenvalue weighted by Gasteiger charge is 2.27. The van der Waals surface area contributed by atoms with Crippen LogP contribution in [0.25, 0.3) is 0 Å². The summed E-state index contributed by atoms with van der Waals surface area (Å²) in [5.41, 5.74) is 5.34. The van der Waals surface area contributed by atoms with Crippen molar-refractivity contribution in [2.24, 2.45) is 0 Å². The number of aromatic nitrogens is 2. The van der Waals surface area contributed by atoms with E-state index in [1.807, 2.05) is 7.05 Å². The molecule has 0 amide bonds. The van der Waals surface area contributed by atoms with Crippen LogP contribution in [0.4, 0.5) is 5.95 Å². The lowest BCUT2D eigenvalue weighted by molar-refractivity contribution is 0.178. The van der Waals surface area contributed by atoms with Crippen molar-refractivity contribution in [1.82, 2.24) is 19.6 Å². The smallest absolute Gasteiger partial charge is 0.243 e. The van der Waals surface area contributed by atoms with E-state index in [1.165, 1.54) is 12.4 Å². The first-order valence-electron chi connectivity index (χ1n) is 6.18. The Labute approximate surface area is 113 Å². The van der Waals surface area contributed by atoms with Crippen molar-refractivity contribution in [2.45, 2.75) is 36.7 Å². The van der Waals surface area contributed by atoms with E-state index in [-0.39, 0.29) is 16.9 Å². The molecule has 2 heterocycles. The summed E-state index contributed by atoms with van der Waals surface area (Å²) in [4.78, 5) is 9.68. The summed E-state index contributed by atoms with van der Waals surface area (Å²) >= 11 is 0. The highest BCUT2D eigenvalue weighted by Crippen LogP contribution is 2.17. The number of hydrogen-bond donors (Lipinski definition) is 2. The normalized spacial score (nSPS) is 25.4. The zero-order valence-corrected chi connectivity index (χ0v) is 11.9. The van der Waals surface area contributed by atoms with E-state index in [2.05, 4.69) is 26.5 Å². The fraction of sp³-hybridized carbons (Fsp3) is 0.636. The molecule has 1 aliphatic heterocycles. The monoisotopic (exact) mass is 285 g/mol. The molecule has 1 aromatic heterocycles. The van der Waals surface area contributed by atoms with E-state index in [9.17, 15) is 8.42 Å². The Balaban J connectivity index is 2.07. The van der Waals surface area contributed by atoms with Gasteiger partial charge in [0, 0.05) is 12.1 Å². The van der Waals surface area contributed by atoms with E-state index in [0.29, 0.717) is 6.04 Å². The van der Waals surface area contributed by atoms with Crippen molar-refractivity contribution in [2.75, 3.05) is 19.3 Å². The topological polar surface area (TPSA) is 101 Å². The Morgan fingerprint density at radius 3 is 2.63 bits per heavy atom. The van der Waals surface area contributed by atoms with Crippen molar-refractivity contribution in [1.29, 1.82) is 0 Å². The van der Waals surface area contributed by atoms with Crippen LogP contribution < -0.4 is 10.5 Å². The van der Waals surface area contributed by atoms with Gasteiger partial charge < -0.3 is 10.6 Å². The maximum atomic E-state index is 12.2. The van der Waals surface area contributed by atoms with Gasteiger partial charge in [-0.1, -0.05) is 0 Å².